The van der Waals surface area contributed by atoms with Gasteiger partial charge in [0, 0.05) is 11.8 Å². The summed E-state index contributed by atoms with van der Waals surface area (Å²) in [6.45, 7) is 0.211. The molecule has 0 fully saturated rings. The monoisotopic (exact) mass is 274 g/mol. The van der Waals surface area contributed by atoms with Crippen LogP contribution in [-0.2, 0) is 0 Å². The number of carbonyl (C=O) groups excluding carboxylic acids is 1. The zero-order chi connectivity index (χ0) is 13.1. The molecule has 0 atom stereocenters. The molecule has 0 unspecified atom stereocenters. The van der Waals surface area contributed by atoms with E-state index >= 15 is 0 Å². The Balaban J connectivity index is 1.67. The second kappa shape index (κ2) is 5.27. The smallest absolute Gasteiger partial charge is 0.231 e. The van der Waals surface area contributed by atoms with E-state index in [1.807, 2.05) is 0 Å². The third-order valence-electron chi connectivity index (χ3n) is 2.60. The van der Waals surface area contributed by atoms with Crippen LogP contribution in [0.1, 0.15) is 10.4 Å². The Bertz CT molecular complexity index is 604. The molecule has 0 bridgehead atoms. The first-order valence-corrected chi connectivity index (χ1v) is 6.63. The molecule has 3 rings (SSSR count). The molecule has 1 aliphatic heterocycles. The van der Waals surface area contributed by atoms with E-state index in [9.17, 15) is 4.79 Å². The highest BCUT2D eigenvalue weighted by atomic mass is 32.2. The fraction of sp³-hybridized carbons (Fsp3) is 0.154. The number of ketones is 1. The molecule has 0 spiro atoms. The maximum absolute atomic E-state index is 12.1. The molecule has 5 nitrogen and oxygen atoms in total. The molecule has 6 heteroatoms. The lowest BCUT2D eigenvalue weighted by Crippen LogP contribution is -2.02. The first kappa shape index (κ1) is 12.0. The van der Waals surface area contributed by atoms with Crippen molar-refractivity contribution >= 4 is 17.5 Å². The van der Waals surface area contributed by atoms with Crippen molar-refractivity contribution in [3.8, 4) is 11.5 Å². The van der Waals surface area contributed by atoms with Crippen molar-refractivity contribution in [2.24, 2.45) is 0 Å². The zero-order valence-electron chi connectivity index (χ0n) is 9.91. The predicted octanol–water partition coefficient (Wildman–Crippen LogP) is 2.18. The summed E-state index contributed by atoms with van der Waals surface area (Å²) in [6, 6.07) is 6.99. The normalized spacial score (nSPS) is 12.4. The maximum Gasteiger partial charge on any atom is 0.231 e. The second-order valence-electron chi connectivity index (χ2n) is 3.83. The van der Waals surface area contributed by atoms with Gasteiger partial charge in [0.25, 0.3) is 0 Å². The third kappa shape index (κ3) is 2.68. The maximum atomic E-state index is 12.1. The van der Waals surface area contributed by atoms with E-state index in [1.165, 1.54) is 18.1 Å². The first-order chi connectivity index (χ1) is 9.33. The van der Waals surface area contributed by atoms with Gasteiger partial charge in [0.15, 0.2) is 17.3 Å². The van der Waals surface area contributed by atoms with Crippen LogP contribution in [0.5, 0.6) is 11.5 Å². The van der Waals surface area contributed by atoms with Crippen molar-refractivity contribution in [2.45, 2.75) is 5.03 Å². The van der Waals surface area contributed by atoms with E-state index in [-0.39, 0.29) is 12.6 Å². The Morgan fingerprint density at radius 3 is 3.00 bits per heavy atom. The van der Waals surface area contributed by atoms with E-state index in [1.54, 1.807) is 30.5 Å². The van der Waals surface area contributed by atoms with Gasteiger partial charge in [-0.15, -0.1) is 0 Å². The fourth-order valence-corrected chi connectivity index (χ4v) is 2.38. The molecule has 0 saturated heterocycles. The zero-order valence-corrected chi connectivity index (χ0v) is 10.7. The molecule has 1 aromatic heterocycles. The molecule has 0 radical (unpaired) electrons. The molecule has 0 N–H and O–H groups in total. The summed E-state index contributed by atoms with van der Waals surface area (Å²) in [7, 11) is 0. The summed E-state index contributed by atoms with van der Waals surface area (Å²) in [5.41, 5.74) is 0.616. The van der Waals surface area contributed by atoms with Gasteiger partial charge in [-0.1, -0.05) is 11.8 Å². The van der Waals surface area contributed by atoms with Crippen molar-refractivity contribution < 1.29 is 14.3 Å². The highest BCUT2D eigenvalue weighted by Gasteiger charge is 2.16. The second-order valence-corrected chi connectivity index (χ2v) is 4.82. The Labute approximate surface area is 114 Å². The largest absolute Gasteiger partial charge is 0.454 e. The highest BCUT2D eigenvalue weighted by Crippen LogP contribution is 2.32. The molecule has 96 valence electrons. The van der Waals surface area contributed by atoms with Crippen molar-refractivity contribution in [3.63, 3.8) is 0 Å². The number of ether oxygens (including phenoxy) is 2. The van der Waals surface area contributed by atoms with Gasteiger partial charge in [0.05, 0.1) is 10.8 Å². The number of nitrogens with zero attached hydrogens (tertiary/aromatic N) is 2. The Hall–Kier alpha value is -2.08. The quantitative estimate of drug-likeness (QED) is 0.484. The number of hydrogen-bond acceptors (Lipinski definition) is 6. The highest BCUT2D eigenvalue weighted by molar-refractivity contribution is 7.99. The van der Waals surface area contributed by atoms with Crippen LogP contribution >= 0.6 is 11.8 Å². The Morgan fingerprint density at radius 2 is 2.16 bits per heavy atom. The van der Waals surface area contributed by atoms with Gasteiger partial charge in [-0.25, -0.2) is 9.97 Å². The minimum atomic E-state index is 0.0295. The fourth-order valence-electron chi connectivity index (χ4n) is 1.66. The SMILES string of the molecule is O=C(CSc1ccncn1)c1ccc2c(c1)OCO2. The molecule has 0 amide bonds. The summed E-state index contributed by atoms with van der Waals surface area (Å²) in [4.78, 5) is 19.9. The van der Waals surface area contributed by atoms with Crippen LogP contribution < -0.4 is 9.47 Å². The van der Waals surface area contributed by atoms with Crippen LogP contribution in [0.4, 0.5) is 0 Å². The molecule has 0 aliphatic carbocycles. The first-order valence-electron chi connectivity index (χ1n) is 5.64. The van der Waals surface area contributed by atoms with Crippen LogP contribution in [0.3, 0.4) is 0 Å². The molecule has 2 heterocycles. The summed E-state index contributed by atoms with van der Waals surface area (Å²) in [5.74, 6) is 1.66. The number of fused-ring (bicyclic) bond motifs is 1. The lowest BCUT2D eigenvalue weighted by molar-refractivity contribution is 0.102. The van der Waals surface area contributed by atoms with E-state index in [2.05, 4.69) is 9.97 Å². The van der Waals surface area contributed by atoms with Crippen molar-refractivity contribution in [1.29, 1.82) is 0 Å². The Kier molecular flexibility index (Phi) is 3.33. The molecule has 19 heavy (non-hydrogen) atoms. The number of Topliss-reactive ketones (excluding diaryl/α,β-unsaturated/α-hetero) is 1. The number of thioether (sulfide) groups is 1. The predicted molar refractivity (Wildman–Crippen MR) is 69.7 cm³/mol. The Morgan fingerprint density at radius 1 is 1.26 bits per heavy atom. The third-order valence-corrected chi connectivity index (χ3v) is 3.54. The average Bonchev–Trinajstić information content (AvgIpc) is 2.93. The molecule has 1 aliphatic rings. The standard InChI is InChI=1S/C13H10N2O3S/c16-10(6-19-13-3-4-14-7-15-13)9-1-2-11-12(5-9)18-8-17-11/h1-5,7H,6,8H2. The molecular weight excluding hydrogens is 264 g/mol. The van der Waals surface area contributed by atoms with Gasteiger partial charge >= 0.3 is 0 Å². The van der Waals surface area contributed by atoms with E-state index in [0.717, 1.165) is 5.03 Å². The van der Waals surface area contributed by atoms with Crippen molar-refractivity contribution in [1.82, 2.24) is 9.97 Å². The van der Waals surface area contributed by atoms with Crippen LogP contribution in [0.15, 0.2) is 41.8 Å². The van der Waals surface area contributed by atoms with E-state index in [0.29, 0.717) is 22.8 Å². The van der Waals surface area contributed by atoms with Crippen molar-refractivity contribution in [2.75, 3.05) is 12.5 Å². The molecule has 2 aromatic rings. The minimum absolute atomic E-state index is 0.0295. The molecule has 0 saturated carbocycles. The number of benzene rings is 1. The van der Waals surface area contributed by atoms with Gasteiger partial charge in [-0.2, -0.15) is 0 Å². The lowest BCUT2D eigenvalue weighted by Gasteiger charge is -2.02. The lowest BCUT2D eigenvalue weighted by atomic mass is 10.1. The van der Waals surface area contributed by atoms with Gasteiger partial charge < -0.3 is 9.47 Å². The van der Waals surface area contributed by atoms with Gasteiger partial charge in [0.2, 0.25) is 6.79 Å². The number of rotatable bonds is 4. The summed E-state index contributed by atoms with van der Waals surface area (Å²) in [5, 5.41) is 0.782. The summed E-state index contributed by atoms with van der Waals surface area (Å²) < 4.78 is 10.5. The van der Waals surface area contributed by atoms with Gasteiger partial charge in [-0.3, -0.25) is 4.79 Å². The number of aromatic nitrogens is 2. The van der Waals surface area contributed by atoms with Crippen LogP contribution in [-0.4, -0.2) is 28.3 Å². The topological polar surface area (TPSA) is 61.3 Å². The number of hydrogen-bond donors (Lipinski definition) is 0. The summed E-state index contributed by atoms with van der Waals surface area (Å²) >= 11 is 1.38. The van der Waals surface area contributed by atoms with Crippen LogP contribution in [0.25, 0.3) is 0 Å². The van der Waals surface area contributed by atoms with Gasteiger partial charge in [0.1, 0.15) is 6.33 Å². The molecule has 1 aromatic carbocycles. The average molecular weight is 274 g/mol. The van der Waals surface area contributed by atoms with Crippen LogP contribution in [0.2, 0.25) is 0 Å². The summed E-state index contributed by atoms with van der Waals surface area (Å²) in [6.07, 6.45) is 3.12. The minimum Gasteiger partial charge on any atom is -0.454 e. The van der Waals surface area contributed by atoms with Crippen LogP contribution in [0, 0.1) is 0 Å². The molecular formula is C13H10N2O3S. The number of carbonyl (C=O) groups is 1. The van der Waals surface area contributed by atoms with E-state index in [4.69, 9.17) is 9.47 Å². The van der Waals surface area contributed by atoms with Crippen molar-refractivity contribution in [3.05, 3.63) is 42.4 Å². The van der Waals surface area contributed by atoms with Gasteiger partial charge in [-0.05, 0) is 24.3 Å². The van der Waals surface area contributed by atoms with E-state index < -0.39 is 0 Å².